The molecule has 20 heavy (non-hydrogen) atoms. The van der Waals surface area contributed by atoms with Crippen molar-refractivity contribution >= 4 is 15.8 Å². The molecule has 112 valence electrons. The molecule has 0 saturated carbocycles. The standard InChI is InChI=1S/C13H17FO5S/c1-13(2,3)19-12(15)8-18-10-6-5-9(14)7-11(10)20(4,16)17/h5-7H,8H2,1-4H3. The number of hydrogen-bond donors (Lipinski definition) is 0. The summed E-state index contributed by atoms with van der Waals surface area (Å²) in [6.07, 6.45) is 0.933. The summed E-state index contributed by atoms with van der Waals surface area (Å²) in [6.45, 7) is 4.64. The third kappa shape index (κ3) is 5.16. The summed E-state index contributed by atoms with van der Waals surface area (Å²) in [5.41, 5.74) is -0.664. The maximum absolute atomic E-state index is 13.1. The Morgan fingerprint density at radius 1 is 1.30 bits per heavy atom. The van der Waals surface area contributed by atoms with E-state index >= 15 is 0 Å². The second-order valence-electron chi connectivity index (χ2n) is 5.24. The average Bonchev–Trinajstić information content (AvgIpc) is 2.23. The lowest BCUT2D eigenvalue weighted by Gasteiger charge is -2.19. The normalized spacial score (nSPS) is 12.1. The summed E-state index contributed by atoms with van der Waals surface area (Å²) in [5.74, 6) is -1.42. The van der Waals surface area contributed by atoms with Gasteiger partial charge >= 0.3 is 5.97 Å². The third-order valence-corrected chi connectivity index (χ3v) is 3.19. The van der Waals surface area contributed by atoms with E-state index in [4.69, 9.17) is 9.47 Å². The number of esters is 1. The quantitative estimate of drug-likeness (QED) is 0.795. The predicted molar refractivity (Wildman–Crippen MR) is 70.8 cm³/mol. The van der Waals surface area contributed by atoms with Crippen LogP contribution in [0.15, 0.2) is 23.1 Å². The van der Waals surface area contributed by atoms with Crippen LogP contribution in [0.5, 0.6) is 5.75 Å². The summed E-state index contributed by atoms with van der Waals surface area (Å²) in [6, 6.07) is 3.06. The summed E-state index contributed by atoms with van der Waals surface area (Å²) in [5, 5.41) is 0. The van der Waals surface area contributed by atoms with Crippen molar-refractivity contribution in [2.24, 2.45) is 0 Å². The second kappa shape index (κ2) is 5.78. The molecule has 0 atom stereocenters. The smallest absolute Gasteiger partial charge is 0.344 e. The number of benzene rings is 1. The minimum Gasteiger partial charge on any atom is -0.481 e. The van der Waals surface area contributed by atoms with Crippen molar-refractivity contribution in [2.75, 3.05) is 12.9 Å². The molecule has 1 aromatic carbocycles. The van der Waals surface area contributed by atoms with Crippen molar-refractivity contribution in [2.45, 2.75) is 31.3 Å². The number of rotatable bonds is 4. The highest BCUT2D eigenvalue weighted by atomic mass is 32.2. The van der Waals surface area contributed by atoms with E-state index in [0.717, 1.165) is 24.5 Å². The largest absolute Gasteiger partial charge is 0.481 e. The lowest BCUT2D eigenvalue weighted by molar-refractivity contribution is -0.157. The third-order valence-electron chi connectivity index (χ3n) is 2.07. The van der Waals surface area contributed by atoms with Gasteiger partial charge in [-0.1, -0.05) is 0 Å². The molecule has 0 radical (unpaired) electrons. The molecule has 0 fully saturated rings. The van der Waals surface area contributed by atoms with Gasteiger partial charge in [0.05, 0.1) is 0 Å². The molecule has 7 heteroatoms. The highest BCUT2D eigenvalue weighted by Crippen LogP contribution is 2.24. The Hall–Kier alpha value is -1.63. The van der Waals surface area contributed by atoms with Gasteiger partial charge in [0.1, 0.15) is 22.1 Å². The topological polar surface area (TPSA) is 69.7 Å². The Labute approximate surface area is 117 Å². The molecule has 0 bridgehead atoms. The van der Waals surface area contributed by atoms with Crippen LogP contribution >= 0.6 is 0 Å². The first-order valence-corrected chi connectivity index (χ1v) is 7.72. The average molecular weight is 304 g/mol. The first-order chi connectivity index (χ1) is 8.99. The van der Waals surface area contributed by atoms with Gasteiger partial charge in [-0.3, -0.25) is 0 Å². The molecule has 0 unspecified atom stereocenters. The summed E-state index contributed by atoms with van der Waals surface area (Å²) < 4.78 is 46.2. The molecule has 0 spiro atoms. The minimum absolute atomic E-state index is 0.0836. The van der Waals surface area contributed by atoms with Crippen molar-refractivity contribution in [3.63, 3.8) is 0 Å². The summed E-state index contributed by atoms with van der Waals surface area (Å²) in [7, 11) is -3.66. The van der Waals surface area contributed by atoms with E-state index in [1.165, 1.54) is 0 Å². The Balaban J connectivity index is 2.87. The number of halogens is 1. The molecule has 0 aliphatic carbocycles. The fraction of sp³-hybridized carbons (Fsp3) is 0.462. The van der Waals surface area contributed by atoms with Crippen molar-refractivity contribution in [1.29, 1.82) is 0 Å². The van der Waals surface area contributed by atoms with Gasteiger partial charge in [0.15, 0.2) is 16.4 Å². The Morgan fingerprint density at radius 3 is 2.40 bits per heavy atom. The van der Waals surface area contributed by atoms with Crippen LogP contribution in [0.3, 0.4) is 0 Å². The van der Waals surface area contributed by atoms with Crippen molar-refractivity contribution in [3.05, 3.63) is 24.0 Å². The second-order valence-corrected chi connectivity index (χ2v) is 7.22. The van der Waals surface area contributed by atoms with Gasteiger partial charge in [-0.25, -0.2) is 17.6 Å². The van der Waals surface area contributed by atoms with Crippen LogP contribution in [0.25, 0.3) is 0 Å². The van der Waals surface area contributed by atoms with Gasteiger partial charge in [-0.15, -0.1) is 0 Å². The molecule has 5 nitrogen and oxygen atoms in total. The summed E-state index contributed by atoms with van der Waals surface area (Å²) in [4.78, 5) is 11.2. The van der Waals surface area contributed by atoms with E-state index in [2.05, 4.69) is 0 Å². The van der Waals surface area contributed by atoms with Crippen LogP contribution in [-0.2, 0) is 19.4 Å². The monoisotopic (exact) mass is 304 g/mol. The van der Waals surface area contributed by atoms with Crippen LogP contribution in [0, 0.1) is 5.82 Å². The molecular formula is C13H17FO5S. The Morgan fingerprint density at radius 2 is 1.90 bits per heavy atom. The zero-order chi connectivity index (χ0) is 15.6. The lowest BCUT2D eigenvalue weighted by Crippen LogP contribution is -2.27. The lowest BCUT2D eigenvalue weighted by atomic mass is 10.2. The maximum atomic E-state index is 13.1. The predicted octanol–water partition coefficient (Wildman–Crippen LogP) is 1.95. The minimum atomic E-state index is -3.66. The number of sulfone groups is 1. The molecule has 0 aliphatic heterocycles. The first-order valence-electron chi connectivity index (χ1n) is 5.83. The highest BCUT2D eigenvalue weighted by Gasteiger charge is 2.19. The molecule has 1 rings (SSSR count). The number of carbonyl (C=O) groups is 1. The van der Waals surface area contributed by atoms with Crippen LogP contribution in [0.4, 0.5) is 4.39 Å². The Bertz CT molecular complexity index is 602. The SMILES string of the molecule is CC(C)(C)OC(=O)COc1ccc(F)cc1S(C)(=O)=O. The van der Waals surface area contributed by atoms with Crippen LogP contribution in [-0.4, -0.2) is 32.9 Å². The van der Waals surface area contributed by atoms with Gasteiger partial charge < -0.3 is 9.47 Å². The maximum Gasteiger partial charge on any atom is 0.344 e. The Kier molecular flexibility index (Phi) is 4.75. The van der Waals surface area contributed by atoms with E-state index in [1.54, 1.807) is 20.8 Å². The molecule has 0 heterocycles. The molecular weight excluding hydrogens is 287 g/mol. The number of carbonyl (C=O) groups excluding carboxylic acids is 1. The molecule has 0 aromatic heterocycles. The van der Waals surface area contributed by atoms with Gasteiger partial charge in [-0.05, 0) is 39.0 Å². The van der Waals surface area contributed by atoms with Crippen LogP contribution in [0.1, 0.15) is 20.8 Å². The molecule has 1 aromatic rings. The number of ether oxygens (including phenoxy) is 2. The van der Waals surface area contributed by atoms with E-state index in [9.17, 15) is 17.6 Å². The highest BCUT2D eigenvalue weighted by molar-refractivity contribution is 7.90. The summed E-state index contributed by atoms with van der Waals surface area (Å²) >= 11 is 0. The number of hydrogen-bond acceptors (Lipinski definition) is 5. The van der Waals surface area contributed by atoms with Crippen LogP contribution < -0.4 is 4.74 Å². The van der Waals surface area contributed by atoms with Crippen LogP contribution in [0.2, 0.25) is 0 Å². The molecule has 0 saturated heterocycles. The molecule has 0 amide bonds. The fourth-order valence-electron chi connectivity index (χ4n) is 1.40. The van der Waals surface area contributed by atoms with Crippen molar-refractivity contribution in [1.82, 2.24) is 0 Å². The van der Waals surface area contributed by atoms with E-state index in [1.807, 2.05) is 0 Å². The zero-order valence-electron chi connectivity index (χ0n) is 11.8. The first kappa shape index (κ1) is 16.4. The van der Waals surface area contributed by atoms with Gasteiger partial charge in [0.2, 0.25) is 0 Å². The zero-order valence-corrected chi connectivity index (χ0v) is 12.6. The molecule has 0 N–H and O–H groups in total. The van der Waals surface area contributed by atoms with E-state index in [-0.39, 0.29) is 10.6 Å². The fourth-order valence-corrected chi connectivity index (χ4v) is 2.22. The van der Waals surface area contributed by atoms with Gasteiger partial charge in [0, 0.05) is 6.26 Å². The van der Waals surface area contributed by atoms with Crippen molar-refractivity contribution in [3.8, 4) is 5.75 Å². The van der Waals surface area contributed by atoms with Gasteiger partial charge in [0.25, 0.3) is 0 Å². The van der Waals surface area contributed by atoms with E-state index < -0.39 is 33.8 Å². The molecule has 0 aliphatic rings. The van der Waals surface area contributed by atoms with Gasteiger partial charge in [-0.2, -0.15) is 0 Å². The van der Waals surface area contributed by atoms with E-state index in [0.29, 0.717) is 0 Å². The van der Waals surface area contributed by atoms with Crippen molar-refractivity contribution < 1.29 is 27.1 Å².